The van der Waals surface area contributed by atoms with E-state index in [2.05, 4.69) is 17.1 Å². The SMILES string of the molecule is CCNCCCCCCCONO. The Kier molecular flexibility index (Phi) is 11.7. The van der Waals surface area contributed by atoms with Crippen LogP contribution in [0.1, 0.15) is 39.0 Å². The van der Waals surface area contributed by atoms with Gasteiger partial charge >= 0.3 is 0 Å². The van der Waals surface area contributed by atoms with Crippen LogP contribution in [0, 0.1) is 0 Å². The van der Waals surface area contributed by atoms with E-state index in [1.54, 1.807) is 5.64 Å². The lowest BCUT2D eigenvalue weighted by Gasteiger charge is -2.02. The largest absolute Gasteiger partial charge is 0.317 e. The fourth-order valence-electron chi connectivity index (χ4n) is 1.18. The van der Waals surface area contributed by atoms with Crippen molar-refractivity contribution < 1.29 is 10.0 Å². The molecule has 0 atom stereocenters. The summed E-state index contributed by atoms with van der Waals surface area (Å²) in [5.41, 5.74) is 1.68. The van der Waals surface area contributed by atoms with E-state index in [0.29, 0.717) is 6.61 Å². The normalized spacial score (nSPS) is 10.6. The third-order valence-corrected chi connectivity index (χ3v) is 1.91. The molecular weight excluding hydrogens is 168 g/mol. The van der Waals surface area contributed by atoms with Crippen LogP contribution in [0.3, 0.4) is 0 Å². The molecule has 80 valence electrons. The predicted octanol–water partition coefficient (Wildman–Crippen LogP) is 1.46. The molecule has 3 N–H and O–H groups in total. The van der Waals surface area contributed by atoms with Crippen molar-refractivity contribution in [2.45, 2.75) is 39.0 Å². The minimum absolute atomic E-state index is 0.587. The predicted molar refractivity (Wildman–Crippen MR) is 52.5 cm³/mol. The van der Waals surface area contributed by atoms with Gasteiger partial charge in [-0.2, -0.15) is 0 Å². The summed E-state index contributed by atoms with van der Waals surface area (Å²) in [5.74, 6) is 0. The number of nitrogens with one attached hydrogen (secondary N) is 2. The fourth-order valence-corrected chi connectivity index (χ4v) is 1.18. The molecule has 4 nitrogen and oxygen atoms in total. The summed E-state index contributed by atoms with van der Waals surface area (Å²) in [6, 6.07) is 0. The van der Waals surface area contributed by atoms with Gasteiger partial charge in [-0.3, -0.25) is 10.0 Å². The monoisotopic (exact) mass is 190 g/mol. The third-order valence-electron chi connectivity index (χ3n) is 1.91. The van der Waals surface area contributed by atoms with Crippen LogP contribution in [0.15, 0.2) is 0 Å². The van der Waals surface area contributed by atoms with Gasteiger partial charge in [0.2, 0.25) is 0 Å². The van der Waals surface area contributed by atoms with E-state index in [1.807, 2.05) is 0 Å². The molecule has 0 amide bonds. The molecule has 0 bridgehead atoms. The van der Waals surface area contributed by atoms with Gasteiger partial charge < -0.3 is 5.32 Å². The van der Waals surface area contributed by atoms with Crippen LogP contribution in [0.25, 0.3) is 0 Å². The van der Waals surface area contributed by atoms with Crippen LogP contribution in [-0.2, 0) is 4.84 Å². The average Bonchev–Trinajstić information content (AvgIpc) is 2.16. The van der Waals surface area contributed by atoms with Crippen molar-refractivity contribution in [1.82, 2.24) is 11.0 Å². The van der Waals surface area contributed by atoms with E-state index in [4.69, 9.17) is 5.21 Å². The molecule has 0 radical (unpaired) electrons. The Labute approximate surface area is 80.6 Å². The molecule has 0 saturated heterocycles. The number of unbranched alkanes of at least 4 members (excludes halogenated alkanes) is 4. The summed E-state index contributed by atoms with van der Waals surface area (Å²) >= 11 is 0. The Balaban J connectivity index is 2.76. The molecule has 0 aromatic rings. The van der Waals surface area contributed by atoms with Crippen LogP contribution in [0.5, 0.6) is 0 Å². The molecule has 0 saturated carbocycles. The van der Waals surface area contributed by atoms with Gasteiger partial charge in [-0.15, -0.1) is 0 Å². The van der Waals surface area contributed by atoms with Crippen LogP contribution in [0.4, 0.5) is 0 Å². The molecule has 0 aromatic carbocycles. The van der Waals surface area contributed by atoms with Gasteiger partial charge in [-0.25, -0.2) is 0 Å². The fraction of sp³-hybridized carbons (Fsp3) is 1.00. The topological polar surface area (TPSA) is 53.5 Å². The molecule has 0 rings (SSSR count). The number of hydrogen-bond acceptors (Lipinski definition) is 4. The van der Waals surface area contributed by atoms with E-state index in [1.165, 1.54) is 25.7 Å². The Morgan fingerprint density at radius 1 is 1.08 bits per heavy atom. The molecular formula is C9H22N2O2. The summed E-state index contributed by atoms with van der Waals surface area (Å²) in [6.07, 6.45) is 5.97. The highest BCUT2D eigenvalue weighted by Crippen LogP contribution is 2.01. The van der Waals surface area contributed by atoms with Crippen molar-refractivity contribution in [3.63, 3.8) is 0 Å². The lowest BCUT2D eigenvalue weighted by atomic mass is 10.1. The lowest BCUT2D eigenvalue weighted by Crippen LogP contribution is -2.13. The number of rotatable bonds is 10. The van der Waals surface area contributed by atoms with E-state index in [9.17, 15) is 0 Å². The van der Waals surface area contributed by atoms with Crippen LogP contribution < -0.4 is 11.0 Å². The lowest BCUT2D eigenvalue weighted by molar-refractivity contribution is -0.127. The Bertz CT molecular complexity index is 81.7. The Hall–Kier alpha value is -0.160. The smallest absolute Gasteiger partial charge is 0.0709 e. The second-order valence-electron chi connectivity index (χ2n) is 3.06. The highest BCUT2D eigenvalue weighted by Gasteiger charge is 1.90. The molecule has 0 heterocycles. The van der Waals surface area contributed by atoms with Crippen LogP contribution in [-0.4, -0.2) is 24.9 Å². The minimum atomic E-state index is 0.587. The Morgan fingerprint density at radius 3 is 2.46 bits per heavy atom. The van der Waals surface area contributed by atoms with Crippen molar-refractivity contribution >= 4 is 0 Å². The molecule has 0 aliphatic heterocycles. The standard InChI is InChI=1S/C9H22N2O2/c1-2-10-8-6-4-3-5-7-9-13-11-12/h10-12H,2-9H2,1H3. The molecule has 13 heavy (non-hydrogen) atoms. The second kappa shape index (κ2) is 11.8. The van der Waals surface area contributed by atoms with Crippen molar-refractivity contribution in [3.8, 4) is 0 Å². The zero-order valence-corrected chi connectivity index (χ0v) is 8.51. The van der Waals surface area contributed by atoms with Crippen molar-refractivity contribution in [1.29, 1.82) is 0 Å². The molecule has 0 aromatic heterocycles. The molecule has 0 spiro atoms. The third kappa shape index (κ3) is 11.8. The van der Waals surface area contributed by atoms with Crippen molar-refractivity contribution in [2.24, 2.45) is 0 Å². The summed E-state index contributed by atoms with van der Waals surface area (Å²) < 4.78 is 0. The molecule has 4 heteroatoms. The maximum atomic E-state index is 8.09. The highest BCUT2D eigenvalue weighted by atomic mass is 16.8. The highest BCUT2D eigenvalue weighted by molar-refractivity contribution is 4.47. The number of hydrogen-bond donors (Lipinski definition) is 3. The van der Waals surface area contributed by atoms with Crippen LogP contribution >= 0.6 is 0 Å². The van der Waals surface area contributed by atoms with Crippen molar-refractivity contribution in [3.05, 3.63) is 0 Å². The molecule has 0 aliphatic rings. The minimum Gasteiger partial charge on any atom is -0.317 e. The van der Waals surface area contributed by atoms with E-state index in [-0.39, 0.29) is 0 Å². The van der Waals surface area contributed by atoms with Crippen molar-refractivity contribution in [2.75, 3.05) is 19.7 Å². The Morgan fingerprint density at radius 2 is 1.77 bits per heavy atom. The van der Waals surface area contributed by atoms with Gasteiger partial charge in [0.1, 0.15) is 0 Å². The maximum absolute atomic E-state index is 8.09. The average molecular weight is 190 g/mol. The van der Waals surface area contributed by atoms with Gasteiger partial charge in [0, 0.05) is 0 Å². The van der Waals surface area contributed by atoms with Crippen LogP contribution in [0.2, 0.25) is 0 Å². The first kappa shape index (κ1) is 12.8. The van der Waals surface area contributed by atoms with E-state index < -0.39 is 0 Å². The molecule has 0 unspecified atom stereocenters. The van der Waals surface area contributed by atoms with Gasteiger partial charge in [0.15, 0.2) is 0 Å². The quantitative estimate of drug-likeness (QED) is 0.360. The van der Waals surface area contributed by atoms with Gasteiger partial charge in [0.05, 0.1) is 6.61 Å². The first-order valence-electron chi connectivity index (χ1n) is 5.13. The summed E-state index contributed by atoms with van der Waals surface area (Å²) in [4.78, 5) is 4.57. The summed E-state index contributed by atoms with van der Waals surface area (Å²) in [6.45, 7) is 4.91. The summed E-state index contributed by atoms with van der Waals surface area (Å²) in [7, 11) is 0. The maximum Gasteiger partial charge on any atom is 0.0709 e. The van der Waals surface area contributed by atoms with Gasteiger partial charge in [-0.05, 0) is 25.9 Å². The first-order valence-corrected chi connectivity index (χ1v) is 5.13. The zero-order chi connectivity index (χ0) is 9.78. The first-order chi connectivity index (χ1) is 6.41. The second-order valence-corrected chi connectivity index (χ2v) is 3.06. The van der Waals surface area contributed by atoms with Gasteiger partial charge in [-0.1, -0.05) is 31.8 Å². The van der Waals surface area contributed by atoms with Gasteiger partial charge in [0.25, 0.3) is 0 Å². The van der Waals surface area contributed by atoms with E-state index in [0.717, 1.165) is 19.5 Å². The molecule has 0 fully saturated rings. The summed E-state index contributed by atoms with van der Waals surface area (Å²) in [5, 5.41) is 11.4. The van der Waals surface area contributed by atoms with E-state index >= 15 is 0 Å². The molecule has 0 aliphatic carbocycles. The zero-order valence-electron chi connectivity index (χ0n) is 8.51.